The molecule has 1 aromatic carbocycles. The Morgan fingerprint density at radius 3 is 3.00 bits per heavy atom. The van der Waals surface area contributed by atoms with E-state index in [1.807, 2.05) is 20.0 Å². The summed E-state index contributed by atoms with van der Waals surface area (Å²) < 4.78 is 10.7. The lowest BCUT2D eigenvalue weighted by molar-refractivity contribution is 0.173. The fourth-order valence-electron chi connectivity index (χ4n) is 1.83. The highest BCUT2D eigenvalue weighted by Gasteiger charge is 2.18. The fraction of sp³-hybridized carbons (Fsp3) is 0.385. The second-order valence-corrected chi connectivity index (χ2v) is 3.96. The smallest absolute Gasteiger partial charge is 0.231 e. The maximum Gasteiger partial charge on any atom is 0.231 e. The van der Waals surface area contributed by atoms with Gasteiger partial charge in [-0.1, -0.05) is 12.0 Å². The lowest BCUT2D eigenvalue weighted by atomic mass is 10.1. The minimum Gasteiger partial charge on any atom is -0.454 e. The Bertz CT molecular complexity index is 434. The van der Waals surface area contributed by atoms with Crippen molar-refractivity contribution in [2.45, 2.75) is 13.5 Å². The van der Waals surface area contributed by atoms with Crippen LogP contribution in [0, 0.1) is 19.3 Å². The summed E-state index contributed by atoms with van der Waals surface area (Å²) in [4.78, 5) is 2.09. The van der Waals surface area contributed by atoms with Gasteiger partial charge in [-0.15, -0.1) is 6.42 Å². The average Bonchev–Trinajstić information content (AvgIpc) is 2.71. The minimum absolute atomic E-state index is 0.319. The molecule has 0 atom stereocenters. The van der Waals surface area contributed by atoms with E-state index < -0.39 is 0 Å². The van der Waals surface area contributed by atoms with E-state index in [4.69, 9.17) is 15.9 Å². The molecular formula is C13H15NO2. The first-order valence-electron chi connectivity index (χ1n) is 5.22. The highest BCUT2D eigenvalue weighted by Crippen LogP contribution is 2.37. The predicted molar refractivity (Wildman–Crippen MR) is 62.5 cm³/mol. The molecule has 0 unspecified atom stereocenters. The van der Waals surface area contributed by atoms with Gasteiger partial charge in [0.1, 0.15) is 0 Å². The van der Waals surface area contributed by atoms with Gasteiger partial charge in [0.25, 0.3) is 0 Å². The van der Waals surface area contributed by atoms with Gasteiger partial charge in [-0.3, -0.25) is 4.90 Å². The molecular weight excluding hydrogens is 202 g/mol. The number of ether oxygens (including phenoxy) is 2. The molecule has 0 N–H and O–H groups in total. The third-order valence-corrected chi connectivity index (χ3v) is 2.70. The van der Waals surface area contributed by atoms with E-state index in [0.717, 1.165) is 23.6 Å². The van der Waals surface area contributed by atoms with E-state index in [0.29, 0.717) is 13.3 Å². The van der Waals surface area contributed by atoms with Crippen molar-refractivity contribution in [2.24, 2.45) is 0 Å². The van der Waals surface area contributed by atoms with Crippen molar-refractivity contribution in [2.75, 3.05) is 20.4 Å². The van der Waals surface area contributed by atoms with Gasteiger partial charge in [-0.05, 0) is 31.2 Å². The zero-order valence-electron chi connectivity index (χ0n) is 9.62. The van der Waals surface area contributed by atoms with Crippen LogP contribution in [-0.2, 0) is 6.54 Å². The van der Waals surface area contributed by atoms with Crippen molar-refractivity contribution in [3.8, 4) is 23.8 Å². The van der Waals surface area contributed by atoms with E-state index in [1.165, 1.54) is 5.56 Å². The van der Waals surface area contributed by atoms with Crippen LogP contribution in [0.15, 0.2) is 12.1 Å². The number of terminal acetylenes is 1. The van der Waals surface area contributed by atoms with Crippen molar-refractivity contribution in [1.29, 1.82) is 0 Å². The summed E-state index contributed by atoms with van der Waals surface area (Å²) in [5, 5.41) is 0. The standard InChI is InChI=1S/C13H15NO2/c1-4-7-14(3)8-11-5-6-12-13(10(11)2)16-9-15-12/h1,5-6H,7-9H2,2-3H3. The zero-order valence-corrected chi connectivity index (χ0v) is 9.62. The van der Waals surface area contributed by atoms with E-state index in [2.05, 4.69) is 16.9 Å². The molecule has 0 aromatic heterocycles. The van der Waals surface area contributed by atoms with Crippen molar-refractivity contribution in [1.82, 2.24) is 4.90 Å². The van der Waals surface area contributed by atoms with Crippen LogP contribution in [-0.4, -0.2) is 25.3 Å². The van der Waals surface area contributed by atoms with Crippen LogP contribution in [0.5, 0.6) is 11.5 Å². The van der Waals surface area contributed by atoms with Crippen LogP contribution in [0.1, 0.15) is 11.1 Å². The molecule has 1 aromatic rings. The van der Waals surface area contributed by atoms with Gasteiger partial charge in [0.05, 0.1) is 6.54 Å². The zero-order chi connectivity index (χ0) is 11.5. The van der Waals surface area contributed by atoms with E-state index in [1.54, 1.807) is 0 Å². The lowest BCUT2D eigenvalue weighted by Gasteiger charge is -2.15. The normalized spacial score (nSPS) is 12.9. The second kappa shape index (κ2) is 4.46. The predicted octanol–water partition coefficient (Wildman–Crippen LogP) is 1.79. The van der Waals surface area contributed by atoms with Gasteiger partial charge in [0.15, 0.2) is 11.5 Å². The maximum absolute atomic E-state index is 5.43. The first-order chi connectivity index (χ1) is 7.72. The van der Waals surface area contributed by atoms with E-state index >= 15 is 0 Å². The Balaban J connectivity index is 2.20. The molecule has 2 rings (SSSR count). The highest BCUT2D eigenvalue weighted by molar-refractivity contribution is 5.51. The summed E-state index contributed by atoms with van der Waals surface area (Å²) in [6, 6.07) is 4.02. The van der Waals surface area contributed by atoms with Crippen molar-refractivity contribution >= 4 is 0 Å². The molecule has 0 saturated heterocycles. The summed E-state index contributed by atoms with van der Waals surface area (Å²) >= 11 is 0. The van der Waals surface area contributed by atoms with E-state index in [-0.39, 0.29) is 0 Å². The molecule has 0 amide bonds. The van der Waals surface area contributed by atoms with Crippen LogP contribution in [0.25, 0.3) is 0 Å². The number of rotatable bonds is 3. The van der Waals surface area contributed by atoms with Crippen LogP contribution in [0.4, 0.5) is 0 Å². The molecule has 3 nitrogen and oxygen atoms in total. The van der Waals surface area contributed by atoms with Gasteiger partial charge in [0, 0.05) is 6.54 Å². The third kappa shape index (κ3) is 1.98. The van der Waals surface area contributed by atoms with Crippen LogP contribution < -0.4 is 9.47 Å². The molecule has 0 radical (unpaired) electrons. The Labute approximate surface area is 96.0 Å². The molecule has 3 heteroatoms. The van der Waals surface area contributed by atoms with Gasteiger partial charge >= 0.3 is 0 Å². The van der Waals surface area contributed by atoms with Crippen molar-refractivity contribution in [3.63, 3.8) is 0 Å². The monoisotopic (exact) mass is 217 g/mol. The summed E-state index contributed by atoms with van der Waals surface area (Å²) in [6.07, 6.45) is 5.27. The van der Waals surface area contributed by atoms with Crippen LogP contribution in [0.2, 0.25) is 0 Å². The molecule has 0 bridgehead atoms. The molecule has 84 valence electrons. The molecule has 0 spiro atoms. The summed E-state index contributed by atoms with van der Waals surface area (Å²) in [7, 11) is 2.00. The number of fused-ring (bicyclic) bond motifs is 1. The molecule has 1 heterocycles. The van der Waals surface area contributed by atoms with Crippen molar-refractivity contribution in [3.05, 3.63) is 23.3 Å². The molecule has 1 aliphatic rings. The molecule has 16 heavy (non-hydrogen) atoms. The highest BCUT2D eigenvalue weighted by atomic mass is 16.7. The third-order valence-electron chi connectivity index (χ3n) is 2.70. The molecule has 0 aliphatic carbocycles. The van der Waals surface area contributed by atoms with Crippen LogP contribution in [0.3, 0.4) is 0 Å². The molecule has 1 aliphatic heterocycles. The SMILES string of the molecule is C#CCN(C)Cc1ccc2c(c1C)OCO2. The fourth-order valence-corrected chi connectivity index (χ4v) is 1.83. The van der Waals surface area contributed by atoms with Gasteiger partial charge in [0.2, 0.25) is 6.79 Å². The van der Waals surface area contributed by atoms with E-state index in [9.17, 15) is 0 Å². The summed E-state index contributed by atoms with van der Waals surface area (Å²) in [5.41, 5.74) is 2.36. The Morgan fingerprint density at radius 1 is 1.44 bits per heavy atom. The number of hydrogen-bond donors (Lipinski definition) is 0. The first-order valence-corrected chi connectivity index (χ1v) is 5.22. The Morgan fingerprint density at radius 2 is 2.25 bits per heavy atom. The second-order valence-electron chi connectivity index (χ2n) is 3.96. The number of nitrogens with zero attached hydrogens (tertiary/aromatic N) is 1. The summed E-state index contributed by atoms with van der Waals surface area (Å²) in [5.74, 6) is 4.33. The summed E-state index contributed by atoms with van der Waals surface area (Å²) in [6.45, 7) is 3.84. The lowest BCUT2D eigenvalue weighted by Crippen LogP contribution is -2.18. The largest absolute Gasteiger partial charge is 0.454 e. The van der Waals surface area contributed by atoms with Crippen LogP contribution >= 0.6 is 0 Å². The minimum atomic E-state index is 0.319. The molecule has 0 fully saturated rings. The van der Waals surface area contributed by atoms with Gasteiger partial charge in [-0.2, -0.15) is 0 Å². The average molecular weight is 217 g/mol. The Kier molecular flexibility index (Phi) is 3.02. The quantitative estimate of drug-likeness (QED) is 0.720. The van der Waals surface area contributed by atoms with Crippen molar-refractivity contribution < 1.29 is 9.47 Å². The first kappa shape index (κ1) is 10.8. The maximum atomic E-state index is 5.43. The topological polar surface area (TPSA) is 21.7 Å². The number of benzene rings is 1. The number of hydrogen-bond acceptors (Lipinski definition) is 3. The molecule has 0 saturated carbocycles. The Hall–Kier alpha value is -1.66. The van der Waals surface area contributed by atoms with Gasteiger partial charge in [-0.25, -0.2) is 0 Å². The van der Waals surface area contributed by atoms with Gasteiger partial charge < -0.3 is 9.47 Å².